The van der Waals surface area contributed by atoms with Crippen LogP contribution in [-0.2, 0) is 0 Å². The van der Waals surface area contributed by atoms with Crippen LogP contribution >= 0.6 is 0 Å². The summed E-state index contributed by atoms with van der Waals surface area (Å²) in [6.45, 7) is 0.775. The molecule has 8 heteroatoms. The fourth-order valence-corrected chi connectivity index (χ4v) is 2.71. The fourth-order valence-electron chi connectivity index (χ4n) is 2.71. The SMILES string of the molecule is O=C(NCCNc1ccc(-n2cccc2)nn1)c1cc(=O)c2ccccc2o1. The van der Waals surface area contributed by atoms with E-state index in [1.165, 1.54) is 6.07 Å². The van der Waals surface area contributed by atoms with Gasteiger partial charge in [-0.05, 0) is 36.4 Å². The highest BCUT2D eigenvalue weighted by Crippen LogP contribution is 2.11. The summed E-state index contributed by atoms with van der Waals surface area (Å²) >= 11 is 0. The zero-order valence-corrected chi connectivity index (χ0v) is 14.8. The van der Waals surface area contributed by atoms with Gasteiger partial charge in [0.2, 0.25) is 0 Å². The van der Waals surface area contributed by atoms with Gasteiger partial charge in [0.25, 0.3) is 5.91 Å². The van der Waals surface area contributed by atoms with E-state index in [2.05, 4.69) is 20.8 Å². The van der Waals surface area contributed by atoms with E-state index >= 15 is 0 Å². The second-order valence-corrected chi connectivity index (χ2v) is 6.02. The average Bonchev–Trinajstić information content (AvgIpc) is 3.26. The van der Waals surface area contributed by atoms with Crippen LogP contribution in [0.1, 0.15) is 10.6 Å². The van der Waals surface area contributed by atoms with E-state index in [0.717, 1.165) is 5.82 Å². The van der Waals surface area contributed by atoms with Crippen molar-refractivity contribution < 1.29 is 9.21 Å². The number of aromatic nitrogens is 3. The normalized spacial score (nSPS) is 10.7. The van der Waals surface area contributed by atoms with Crippen molar-refractivity contribution in [3.05, 3.63) is 83.0 Å². The number of benzene rings is 1. The quantitative estimate of drug-likeness (QED) is 0.501. The van der Waals surface area contributed by atoms with Gasteiger partial charge in [-0.2, -0.15) is 0 Å². The molecule has 0 spiro atoms. The van der Waals surface area contributed by atoms with Crippen molar-refractivity contribution in [3.8, 4) is 5.82 Å². The Bertz CT molecular complexity index is 1150. The van der Waals surface area contributed by atoms with Crippen molar-refractivity contribution in [3.63, 3.8) is 0 Å². The number of carbonyl (C=O) groups is 1. The first-order valence-electron chi connectivity index (χ1n) is 8.73. The zero-order chi connectivity index (χ0) is 19.3. The molecule has 0 saturated heterocycles. The Balaban J connectivity index is 1.31. The van der Waals surface area contributed by atoms with Crippen molar-refractivity contribution in [2.45, 2.75) is 0 Å². The summed E-state index contributed by atoms with van der Waals surface area (Å²) in [5, 5.41) is 14.5. The second kappa shape index (κ2) is 7.75. The summed E-state index contributed by atoms with van der Waals surface area (Å²) in [5.41, 5.74) is 0.138. The number of hydrogen-bond acceptors (Lipinski definition) is 6. The molecule has 2 N–H and O–H groups in total. The van der Waals surface area contributed by atoms with E-state index in [0.29, 0.717) is 29.9 Å². The summed E-state index contributed by atoms with van der Waals surface area (Å²) < 4.78 is 7.37. The largest absolute Gasteiger partial charge is 0.451 e. The van der Waals surface area contributed by atoms with E-state index in [9.17, 15) is 9.59 Å². The van der Waals surface area contributed by atoms with Gasteiger partial charge in [-0.15, -0.1) is 10.2 Å². The number of nitrogens with one attached hydrogen (secondary N) is 2. The van der Waals surface area contributed by atoms with E-state index < -0.39 is 5.91 Å². The lowest BCUT2D eigenvalue weighted by molar-refractivity contribution is 0.0928. The third kappa shape index (κ3) is 3.75. The number of amides is 1. The molecular formula is C20H17N5O3. The molecule has 140 valence electrons. The van der Waals surface area contributed by atoms with E-state index in [1.807, 2.05) is 41.2 Å². The van der Waals surface area contributed by atoms with Gasteiger partial charge in [-0.1, -0.05) is 12.1 Å². The minimum Gasteiger partial charge on any atom is -0.451 e. The molecule has 8 nitrogen and oxygen atoms in total. The first kappa shape index (κ1) is 17.5. The van der Waals surface area contributed by atoms with Gasteiger partial charge in [-0.25, -0.2) is 0 Å². The maximum absolute atomic E-state index is 12.2. The molecule has 1 amide bonds. The average molecular weight is 375 g/mol. The molecule has 0 aliphatic rings. The number of rotatable bonds is 6. The molecule has 28 heavy (non-hydrogen) atoms. The molecule has 0 fully saturated rings. The van der Waals surface area contributed by atoms with Crippen LogP contribution in [0, 0.1) is 0 Å². The van der Waals surface area contributed by atoms with Crippen LogP contribution in [0.4, 0.5) is 5.82 Å². The molecule has 0 radical (unpaired) electrons. The Morgan fingerprint density at radius 3 is 2.61 bits per heavy atom. The van der Waals surface area contributed by atoms with Gasteiger partial charge >= 0.3 is 0 Å². The smallest absolute Gasteiger partial charge is 0.287 e. The lowest BCUT2D eigenvalue weighted by Crippen LogP contribution is -2.29. The lowest BCUT2D eigenvalue weighted by Gasteiger charge is -2.08. The number of carbonyl (C=O) groups excluding carboxylic acids is 1. The topological polar surface area (TPSA) is 102 Å². The molecule has 3 aromatic heterocycles. The first-order chi connectivity index (χ1) is 13.7. The standard InChI is InChI=1S/C20H17N5O3/c26-15-13-17(28-16-6-2-1-5-14(15)16)20(27)22-10-9-21-18-7-8-19(24-23-18)25-11-3-4-12-25/h1-8,11-13H,9-10H2,(H,21,23)(H,22,27). The molecule has 4 rings (SSSR count). The van der Waals surface area contributed by atoms with Crippen LogP contribution in [0.2, 0.25) is 0 Å². The van der Waals surface area contributed by atoms with E-state index in [1.54, 1.807) is 24.3 Å². The molecule has 0 aliphatic carbocycles. The number of para-hydroxylation sites is 1. The van der Waals surface area contributed by atoms with Crippen LogP contribution in [-0.4, -0.2) is 33.8 Å². The highest BCUT2D eigenvalue weighted by Gasteiger charge is 2.11. The maximum Gasteiger partial charge on any atom is 0.287 e. The van der Waals surface area contributed by atoms with Gasteiger partial charge in [-0.3, -0.25) is 9.59 Å². The molecule has 0 aliphatic heterocycles. The van der Waals surface area contributed by atoms with E-state index in [4.69, 9.17) is 4.42 Å². The molecular weight excluding hydrogens is 358 g/mol. The summed E-state index contributed by atoms with van der Waals surface area (Å²) in [7, 11) is 0. The third-order valence-corrected chi connectivity index (χ3v) is 4.09. The van der Waals surface area contributed by atoms with Gasteiger partial charge in [0.1, 0.15) is 11.4 Å². The molecule has 3 heterocycles. The van der Waals surface area contributed by atoms with Crippen LogP contribution < -0.4 is 16.1 Å². The van der Waals surface area contributed by atoms with Crippen molar-refractivity contribution in [2.75, 3.05) is 18.4 Å². The molecule has 1 aromatic carbocycles. The molecule has 4 aromatic rings. The Morgan fingerprint density at radius 2 is 1.82 bits per heavy atom. The molecule has 0 atom stereocenters. The number of anilines is 1. The maximum atomic E-state index is 12.2. The van der Waals surface area contributed by atoms with Crippen molar-refractivity contribution >= 4 is 22.7 Å². The van der Waals surface area contributed by atoms with Gasteiger partial charge < -0.3 is 19.6 Å². The number of nitrogens with zero attached hydrogens (tertiary/aromatic N) is 3. The molecule has 0 unspecified atom stereocenters. The Labute approximate surface area is 159 Å². The van der Waals surface area contributed by atoms with Crippen LogP contribution in [0.5, 0.6) is 0 Å². The van der Waals surface area contributed by atoms with Crippen LogP contribution in [0.15, 0.2) is 76.2 Å². The second-order valence-electron chi connectivity index (χ2n) is 6.02. The predicted molar refractivity (Wildman–Crippen MR) is 105 cm³/mol. The number of fused-ring (bicyclic) bond motifs is 1. The Morgan fingerprint density at radius 1 is 1.00 bits per heavy atom. The van der Waals surface area contributed by atoms with Crippen molar-refractivity contribution in [1.29, 1.82) is 0 Å². The Hall–Kier alpha value is -3.94. The summed E-state index contributed by atoms with van der Waals surface area (Å²) in [6.07, 6.45) is 3.77. The highest BCUT2D eigenvalue weighted by atomic mass is 16.3. The van der Waals surface area contributed by atoms with Gasteiger partial charge in [0.05, 0.1) is 5.39 Å². The van der Waals surface area contributed by atoms with Crippen molar-refractivity contribution in [2.24, 2.45) is 0 Å². The fraction of sp³-hybridized carbons (Fsp3) is 0.100. The van der Waals surface area contributed by atoms with Crippen LogP contribution in [0.3, 0.4) is 0 Å². The summed E-state index contributed by atoms with van der Waals surface area (Å²) in [6, 6.07) is 15.5. The number of hydrogen-bond donors (Lipinski definition) is 2. The predicted octanol–water partition coefficient (Wildman–Crippen LogP) is 2.22. The molecule has 0 saturated carbocycles. The van der Waals surface area contributed by atoms with Gasteiger partial charge in [0, 0.05) is 31.5 Å². The van der Waals surface area contributed by atoms with Crippen molar-refractivity contribution in [1.82, 2.24) is 20.1 Å². The first-order valence-corrected chi connectivity index (χ1v) is 8.73. The third-order valence-electron chi connectivity index (χ3n) is 4.09. The Kier molecular flexibility index (Phi) is 4.83. The van der Waals surface area contributed by atoms with E-state index in [-0.39, 0.29) is 11.2 Å². The minimum absolute atomic E-state index is 0.0143. The highest BCUT2D eigenvalue weighted by molar-refractivity contribution is 5.93. The molecule has 0 bridgehead atoms. The monoisotopic (exact) mass is 375 g/mol. The summed E-state index contributed by atoms with van der Waals surface area (Å²) in [4.78, 5) is 24.3. The minimum atomic E-state index is -0.446. The lowest BCUT2D eigenvalue weighted by atomic mass is 10.2. The summed E-state index contributed by atoms with van der Waals surface area (Å²) in [5.74, 6) is 0.857. The van der Waals surface area contributed by atoms with Crippen LogP contribution in [0.25, 0.3) is 16.8 Å². The van der Waals surface area contributed by atoms with Gasteiger partial charge in [0.15, 0.2) is 17.0 Å². The zero-order valence-electron chi connectivity index (χ0n) is 14.8.